The maximum Gasteiger partial charge on any atom is 0.213 e. The third kappa shape index (κ3) is 3.76. The minimum Gasteiger partial charge on any atom is -0.478 e. The Balaban J connectivity index is 1.69. The second kappa shape index (κ2) is 6.21. The molecule has 1 aromatic rings. The van der Waals surface area contributed by atoms with Crippen LogP contribution < -0.4 is 10.1 Å². The molecular formula is C12H17BrN2O. The monoisotopic (exact) mass is 284 g/mol. The van der Waals surface area contributed by atoms with Crippen LogP contribution in [0, 0.1) is 0 Å². The van der Waals surface area contributed by atoms with Gasteiger partial charge in [0, 0.05) is 22.8 Å². The number of halogens is 1. The molecule has 0 aromatic carbocycles. The smallest absolute Gasteiger partial charge is 0.213 e. The molecule has 2 rings (SSSR count). The Morgan fingerprint density at radius 1 is 1.44 bits per heavy atom. The molecular weight excluding hydrogens is 268 g/mol. The molecule has 1 aliphatic rings. The highest BCUT2D eigenvalue weighted by molar-refractivity contribution is 9.10. The summed E-state index contributed by atoms with van der Waals surface area (Å²) in [5.41, 5.74) is 0. The lowest BCUT2D eigenvalue weighted by Crippen LogP contribution is -2.35. The topological polar surface area (TPSA) is 34.1 Å². The number of hydrogen-bond acceptors (Lipinski definition) is 3. The molecule has 16 heavy (non-hydrogen) atoms. The second-order valence-electron chi connectivity index (χ2n) is 4.10. The molecule has 3 nitrogen and oxygen atoms in total. The Kier molecular flexibility index (Phi) is 4.60. The predicted octanol–water partition coefficient (Wildman–Crippen LogP) is 2.76. The van der Waals surface area contributed by atoms with Crippen molar-refractivity contribution in [3.8, 4) is 5.88 Å². The van der Waals surface area contributed by atoms with Crippen LogP contribution in [0.1, 0.15) is 25.7 Å². The van der Waals surface area contributed by atoms with Crippen molar-refractivity contribution in [2.24, 2.45) is 0 Å². The van der Waals surface area contributed by atoms with Gasteiger partial charge in [-0.1, -0.05) is 6.42 Å². The van der Waals surface area contributed by atoms with Crippen LogP contribution in [0.3, 0.4) is 0 Å². The normalized spacial score (nSPS) is 20.7. The van der Waals surface area contributed by atoms with Crippen molar-refractivity contribution in [1.29, 1.82) is 0 Å². The summed E-state index contributed by atoms with van der Waals surface area (Å²) in [6, 6.07) is 4.46. The fourth-order valence-electron chi connectivity index (χ4n) is 1.92. The number of piperidine rings is 1. The SMILES string of the molecule is Brc1ccc(OCC[C@H]2CCCCN2)nc1. The lowest BCUT2D eigenvalue weighted by molar-refractivity contribution is 0.260. The van der Waals surface area contributed by atoms with E-state index in [2.05, 4.69) is 26.2 Å². The molecule has 0 bridgehead atoms. The average molecular weight is 285 g/mol. The van der Waals surface area contributed by atoms with Crippen molar-refractivity contribution in [1.82, 2.24) is 10.3 Å². The van der Waals surface area contributed by atoms with Gasteiger partial charge in [0.15, 0.2) is 0 Å². The van der Waals surface area contributed by atoms with E-state index in [1.54, 1.807) is 6.20 Å². The van der Waals surface area contributed by atoms with Gasteiger partial charge in [-0.05, 0) is 47.8 Å². The van der Waals surface area contributed by atoms with E-state index >= 15 is 0 Å². The van der Waals surface area contributed by atoms with Crippen LogP contribution in [0.4, 0.5) is 0 Å². The first-order valence-electron chi connectivity index (χ1n) is 5.82. The van der Waals surface area contributed by atoms with Crippen molar-refractivity contribution in [3.05, 3.63) is 22.8 Å². The molecule has 1 fully saturated rings. The van der Waals surface area contributed by atoms with Gasteiger partial charge >= 0.3 is 0 Å². The Hall–Kier alpha value is -0.610. The molecule has 0 unspecified atom stereocenters. The summed E-state index contributed by atoms with van der Waals surface area (Å²) < 4.78 is 6.57. The summed E-state index contributed by atoms with van der Waals surface area (Å²) in [7, 11) is 0. The highest BCUT2D eigenvalue weighted by atomic mass is 79.9. The Bertz CT molecular complexity index is 309. The average Bonchev–Trinajstić information content (AvgIpc) is 2.33. The predicted molar refractivity (Wildman–Crippen MR) is 67.7 cm³/mol. The summed E-state index contributed by atoms with van der Waals surface area (Å²) >= 11 is 3.35. The molecule has 0 aliphatic carbocycles. The van der Waals surface area contributed by atoms with Crippen molar-refractivity contribution < 1.29 is 4.74 Å². The molecule has 4 heteroatoms. The molecule has 2 heterocycles. The molecule has 1 aromatic heterocycles. The van der Waals surface area contributed by atoms with Gasteiger partial charge in [-0.2, -0.15) is 0 Å². The largest absolute Gasteiger partial charge is 0.478 e. The summed E-state index contributed by atoms with van der Waals surface area (Å²) in [6.07, 6.45) is 6.75. The minimum atomic E-state index is 0.629. The zero-order valence-electron chi connectivity index (χ0n) is 9.29. The minimum absolute atomic E-state index is 0.629. The number of rotatable bonds is 4. The van der Waals surface area contributed by atoms with Crippen LogP contribution in [0.2, 0.25) is 0 Å². The highest BCUT2D eigenvalue weighted by Crippen LogP contribution is 2.14. The first kappa shape index (κ1) is 11.9. The molecule has 0 saturated carbocycles. The molecule has 1 N–H and O–H groups in total. The van der Waals surface area contributed by atoms with Crippen LogP contribution >= 0.6 is 15.9 Å². The lowest BCUT2D eigenvalue weighted by atomic mass is 10.0. The molecule has 0 radical (unpaired) electrons. The van der Waals surface area contributed by atoms with Gasteiger partial charge in [0.1, 0.15) is 0 Å². The van der Waals surface area contributed by atoms with Crippen molar-refractivity contribution in [3.63, 3.8) is 0 Å². The van der Waals surface area contributed by atoms with E-state index in [0.717, 1.165) is 24.0 Å². The first-order chi connectivity index (χ1) is 7.84. The van der Waals surface area contributed by atoms with Gasteiger partial charge in [0.25, 0.3) is 0 Å². The van der Waals surface area contributed by atoms with Crippen molar-refractivity contribution in [2.75, 3.05) is 13.2 Å². The molecule has 1 saturated heterocycles. The number of pyridine rings is 1. The van der Waals surface area contributed by atoms with Gasteiger partial charge < -0.3 is 10.1 Å². The fraction of sp³-hybridized carbons (Fsp3) is 0.583. The van der Waals surface area contributed by atoms with Crippen molar-refractivity contribution >= 4 is 15.9 Å². The highest BCUT2D eigenvalue weighted by Gasteiger charge is 2.11. The molecule has 88 valence electrons. The Morgan fingerprint density at radius 3 is 3.06 bits per heavy atom. The summed E-state index contributed by atoms with van der Waals surface area (Å²) in [5.74, 6) is 0.707. The summed E-state index contributed by atoms with van der Waals surface area (Å²) in [6.45, 7) is 1.90. The van der Waals surface area contributed by atoms with Crippen LogP contribution in [-0.4, -0.2) is 24.2 Å². The number of nitrogens with zero attached hydrogens (tertiary/aromatic N) is 1. The van der Waals surface area contributed by atoms with E-state index in [9.17, 15) is 0 Å². The number of nitrogens with one attached hydrogen (secondary N) is 1. The third-order valence-corrected chi connectivity index (χ3v) is 3.30. The summed E-state index contributed by atoms with van der Waals surface area (Å²) in [4.78, 5) is 4.17. The number of aromatic nitrogens is 1. The van der Waals surface area contributed by atoms with E-state index in [1.807, 2.05) is 12.1 Å². The molecule has 1 aliphatic heterocycles. The fourth-order valence-corrected chi connectivity index (χ4v) is 2.16. The summed E-state index contributed by atoms with van der Waals surface area (Å²) in [5, 5.41) is 3.51. The van der Waals surface area contributed by atoms with Crippen LogP contribution in [0.15, 0.2) is 22.8 Å². The molecule has 0 amide bonds. The van der Waals surface area contributed by atoms with Gasteiger partial charge in [0.05, 0.1) is 6.61 Å². The van der Waals surface area contributed by atoms with Gasteiger partial charge in [-0.3, -0.25) is 0 Å². The standard InChI is InChI=1S/C12H17BrN2O/c13-10-4-5-12(15-9-10)16-8-6-11-3-1-2-7-14-11/h4-5,9,11,14H,1-3,6-8H2/t11-/m1/s1. The maximum absolute atomic E-state index is 5.59. The number of hydrogen-bond donors (Lipinski definition) is 1. The van der Waals surface area contributed by atoms with Gasteiger partial charge in [0.2, 0.25) is 5.88 Å². The second-order valence-corrected chi connectivity index (χ2v) is 5.01. The van der Waals surface area contributed by atoms with E-state index in [1.165, 1.54) is 19.3 Å². The number of ether oxygens (including phenoxy) is 1. The lowest BCUT2D eigenvalue weighted by Gasteiger charge is -2.23. The van der Waals surface area contributed by atoms with E-state index in [4.69, 9.17) is 4.74 Å². The zero-order chi connectivity index (χ0) is 11.2. The third-order valence-electron chi connectivity index (χ3n) is 2.83. The van der Waals surface area contributed by atoms with E-state index < -0.39 is 0 Å². The van der Waals surface area contributed by atoms with Crippen LogP contribution in [-0.2, 0) is 0 Å². The Labute approximate surface area is 105 Å². The van der Waals surface area contributed by atoms with Gasteiger partial charge in [-0.15, -0.1) is 0 Å². The van der Waals surface area contributed by atoms with E-state index in [0.29, 0.717) is 11.9 Å². The van der Waals surface area contributed by atoms with Crippen molar-refractivity contribution in [2.45, 2.75) is 31.7 Å². The van der Waals surface area contributed by atoms with Crippen LogP contribution in [0.25, 0.3) is 0 Å². The van der Waals surface area contributed by atoms with E-state index in [-0.39, 0.29) is 0 Å². The molecule has 1 atom stereocenters. The zero-order valence-corrected chi connectivity index (χ0v) is 10.9. The van der Waals surface area contributed by atoms with Crippen LogP contribution in [0.5, 0.6) is 5.88 Å². The van der Waals surface area contributed by atoms with Gasteiger partial charge in [-0.25, -0.2) is 4.98 Å². The quantitative estimate of drug-likeness (QED) is 0.923. The maximum atomic E-state index is 5.59. The first-order valence-corrected chi connectivity index (χ1v) is 6.61. The Morgan fingerprint density at radius 2 is 2.38 bits per heavy atom. The molecule has 0 spiro atoms.